The summed E-state index contributed by atoms with van der Waals surface area (Å²) in [6, 6.07) is 6.25. The monoisotopic (exact) mass is 449 g/mol. The first-order chi connectivity index (χ1) is 13.3. The van der Waals surface area contributed by atoms with Crippen LogP contribution in [0.1, 0.15) is 21.5 Å². The van der Waals surface area contributed by atoms with Crippen molar-refractivity contribution >= 4 is 39.0 Å². The molecule has 0 saturated heterocycles. The molecule has 0 aromatic heterocycles. The lowest BCUT2D eigenvalue weighted by molar-refractivity contribution is -0.137. The Bertz CT molecular complexity index is 1070. The molecule has 0 bridgehead atoms. The van der Waals surface area contributed by atoms with Crippen LogP contribution in [0.3, 0.4) is 0 Å². The summed E-state index contributed by atoms with van der Waals surface area (Å²) in [6.45, 7) is 0.735. The number of amides is 1. The average molecular weight is 450 g/mol. The average Bonchev–Trinajstić information content (AvgIpc) is 2.60. The second kappa shape index (κ2) is 8.42. The van der Waals surface area contributed by atoms with Gasteiger partial charge in [-0.3, -0.25) is 4.79 Å². The van der Waals surface area contributed by atoms with Gasteiger partial charge in [0.15, 0.2) is 16.4 Å². The van der Waals surface area contributed by atoms with Gasteiger partial charge in [0.2, 0.25) is 0 Å². The Morgan fingerprint density at radius 2 is 1.79 bits per heavy atom. The van der Waals surface area contributed by atoms with Gasteiger partial charge in [0.25, 0.3) is 5.91 Å². The van der Waals surface area contributed by atoms with E-state index in [1.54, 1.807) is 6.92 Å². The lowest BCUT2D eigenvalue weighted by Crippen LogP contribution is -2.22. The molecular weight excluding hydrogens is 435 g/mol. The molecule has 0 aliphatic heterocycles. The van der Waals surface area contributed by atoms with Crippen LogP contribution >= 0.6 is 11.6 Å². The predicted octanol–water partition coefficient (Wildman–Crippen LogP) is 3.87. The Morgan fingerprint density at radius 3 is 2.38 bits per heavy atom. The molecule has 0 spiro atoms. The highest BCUT2D eigenvalue weighted by Gasteiger charge is 2.31. The van der Waals surface area contributed by atoms with Gasteiger partial charge in [-0.05, 0) is 42.8 Å². The highest BCUT2D eigenvalue weighted by atomic mass is 35.5. The fourth-order valence-electron chi connectivity index (χ4n) is 2.24. The molecule has 0 heterocycles. The number of hydrogen-bond acceptors (Lipinski definition) is 5. The SMILES string of the molecule is Cc1ccc(S(C)(=O)=O)cc1C(=O)OCC(=O)Nc1cc(C(F)(F)F)ccc1Cl. The van der Waals surface area contributed by atoms with Crippen LogP contribution in [0.5, 0.6) is 0 Å². The van der Waals surface area contributed by atoms with Gasteiger partial charge in [0, 0.05) is 6.26 Å². The minimum absolute atomic E-state index is 0.0576. The molecule has 2 aromatic rings. The molecule has 0 aliphatic rings. The van der Waals surface area contributed by atoms with Crippen LogP contribution < -0.4 is 5.32 Å². The number of sulfone groups is 1. The smallest absolute Gasteiger partial charge is 0.416 e. The number of nitrogens with one attached hydrogen (secondary N) is 1. The van der Waals surface area contributed by atoms with Crippen molar-refractivity contribution < 1.29 is 35.9 Å². The van der Waals surface area contributed by atoms with Crippen LogP contribution in [0.25, 0.3) is 0 Å². The van der Waals surface area contributed by atoms with E-state index in [9.17, 15) is 31.2 Å². The maximum absolute atomic E-state index is 12.8. The maximum Gasteiger partial charge on any atom is 0.416 e. The Balaban J connectivity index is 2.10. The number of alkyl halides is 3. The Morgan fingerprint density at radius 1 is 1.14 bits per heavy atom. The lowest BCUT2D eigenvalue weighted by atomic mass is 10.1. The summed E-state index contributed by atoms with van der Waals surface area (Å²) in [4.78, 5) is 24.0. The van der Waals surface area contributed by atoms with Crippen LogP contribution in [0, 0.1) is 6.92 Å². The van der Waals surface area contributed by atoms with Gasteiger partial charge in [-0.2, -0.15) is 13.2 Å². The number of esters is 1. The van der Waals surface area contributed by atoms with Crippen LogP contribution in [0.2, 0.25) is 5.02 Å². The standard InChI is InChI=1S/C18H15ClF3NO5S/c1-10-3-5-12(29(2,26)27)8-13(10)17(25)28-9-16(24)23-15-7-11(18(20,21)22)4-6-14(15)19/h3-8H,9H2,1-2H3,(H,23,24). The van der Waals surface area contributed by atoms with E-state index >= 15 is 0 Å². The predicted molar refractivity (Wildman–Crippen MR) is 99.7 cm³/mol. The quantitative estimate of drug-likeness (QED) is 0.700. The molecular formula is C18H15ClF3NO5S. The molecule has 0 aliphatic carbocycles. The lowest BCUT2D eigenvalue weighted by Gasteiger charge is -2.12. The molecule has 0 radical (unpaired) electrons. The van der Waals surface area contributed by atoms with Crippen molar-refractivity contribution in [1.82, 2.24) is 0 Å². The molecule has 0 atom stereocenters. The molecule has 2 aromatic carbocycles. The molecule has 0 unspecified atom stereocenters. The zero-order valence-corrected chi connectivity index (χ0v) is 16.7. The highest BCUT2D eigenvalue weighted by molar-refractivity contribution is 7.90. The van der Waals surface area contributed by atoms with E-state index < -0.39 is 40.1 Å². The van der Waals surface area contributed by atoms with Gasteiger partial charge in [-0.1, -0.05) is 17.7 Å². The summed E-state index contributed by atoms with van der Waals surface area (Å²) >= 11 is 5.78. The van der Waals surface area contributed by atoms with Crippen LogP contribution in [-0.2, 0) is 25.5 Å². The number of benzene rings is 2. The molecule has 0 saturated carbocycles. The van der Waals surface area contributed by atoms with Crippen LogP contribution in [0.15, 0.2) is 41.3 Å². The summed E-state index contributed by atoms with van der Waals surface area (Å²) in [5.41, 5.74) is -0.943. The third kappa shape index (κ3) is 5.94. The first kappa shape index (κ1) is 22.7. The Hall–Kier alpha value is -2.59. The molecule has 2 rings (SSSR count). The summed E-state index contributed by atoms with van der Waals surface area (Å²) < 4.78 is 66.4. The first-order valence-electron chi connectivity index (χ1n) is 7.93. The number of ether oxygens (including phenoxy) is 1. The number of carbonyl (C=O) groups is 2. The molecule has 1 amide bonds. The molecule has 1 N–H and O–H groups in total. The second-order valence-electron chi connectivity index (χ2n) is 6.07. The van der Waals surface area contributed by atoms with Gasteiger partial charge in [0.05, 0.1) is 26.7 Å². The normalized spacial score (nSPS) is 11.8. The van der Waals surface area contributed by atoms with Crippen molar-refractivity contribution in [3.63, 3.8) is 0 Å². The van der Waals surface area contributed by atoms with E-state index in [1.807, 2.05) is 0 Å². The van der Waals surface area contributed by atoms with Gasteiger partial charge in [0.1, 0.15) is 0 Å². The van der Waals surface area contributed by atoms with E-state index in [0.29, 0.717) is 11.6 Å². The molecule has 156 valence electrons. The molecule has 29 heavy (non-hydrogen) atoms. The zero-order chi connectivity index (χ0) is 22.0. The summed E-state index contributed by atoms with van der Waals surface area (Å²) in [7, 11) is -3.56. The second-order valence-corrected chi connectivity index (χ2v) is 8.49. The van der Waals surface area contributed by atoms with Gasteiger partial charge >= 0.3 is 12.1 Å². The minimum Gasteiger partial charge on any atom is -0.452 e. The van der Waals surface area contributed by atoms with E-state index in [1.165, 1.54) is 12.1 Å². The third-order valence-electron chi connectivity index (χ3n) is 3.76. The molecule has 6 nitrogen and oxygen atoms in total. The molecule has 0 fully saturated rings. The van der Waals surface area contributed by atoms with Crippen LogP contribution in [0.4, 0.5) is 18.9 Å². The summed E-state index contributed by atoms with van der Waals surface area (Å²) in [6.07, 6.45) is -3.66. The van der Waals surface area contributed by atoms with Crippen molar-refractivity contribution in [3.05, 3.63) is 58.1 Å². The van der Waals surface area contributed by atoms with E-state index in [4.69, 9.17) is 16.3 Å². The summed E-state index contributed by atoms with van der Waals surface area (Å²) in [5, 5.41) is 2.01. The number of carbonyl (C=O) groups excluding carboxylic acids is 2. The van der Waals surface area contributed by atoms with Crippen LogP contribution in [-0.4, -0.2) is 33.2 Å². The topological polar surface area (TPSA) is 89.5 Å². The van der Waals surface area contributed by atoms with Gasteiger partial charge < -0.3 is 10.1 Å². The van der Waals surface area contributed by atoms with Crippen molar-refractivity contribution in [2.24, 2.45) is 0 Å². The highest BCUT2D eigenvalue weighted by Crippen LogP contribution is 2.33. The Kier molecular flexibility index (Phi) is 6.59. The van der Waals surface area contributed by atoms with Crippen molar-refractivity contribution in [3.8, 4) is 0 Å². The zero-order valence-electron chi connectivity index (χ0n) is 15.1. The van der Waals surface area contributed by atoms with Gasteiger partial charge in [-0.15, -0.1) is 0 Å². The Labute approximate surface area is 169 Å². The minimum atomic E-state index is -4.63. The number of rotatable bonds is 5. The largest absolute Gasteiger partial charge is 0.452 e. The number of hydrogen-bond donors (Lipinski definition) is 1. The number of anilines is 1. The van der Waals surface area contributed by atoms with Crippen molar-refractivity contribution in [1.29, 1.82) is 0 Å². The third-order valence-corrected chi connectivity index (χ3v) is 5.20. The number of aryl methyl sites for hydroxylation is 1. The van der Waals surface area contributed by atoms with E-state index in [2.05, 4.69) is 5.32 Å². The number of halogens is 4. The van der Waals surface area contributed by atoms with Crippen molar-refractivity contribution in [2.45, 2.75) is 18.0 Å². The van der Waals surface area contributed by atoms with Gasteiger partial charge in [-0.25, -0.2) is 13.2 Å². The maximum atomic E-state index is 12.8. The van der Waals surface area contributed by atoms with Crippen molar-refractivity contribution in [2.75, 3.05) is 18.2 Å². The van der Waals surface area contributed by atoms with E-state index in [0.717, 1.165) is 24.5 Å². The fourth-order valence-corrected chi connectivity index (χ4v) is 3.06. The summed E-state index contributed by atoms with van der Waals surface area (Å²) in [5.74, 6) is -1.88. The van der Waals surface area contributed by atoms with E-state index in [-0.39, 0.29) is 21.2 Å². The first-order valence-corrected chi connectivity index (χ1v) is 10.2. The fraction of sp³-hybridized carbons (Fsp3) is 0.222. The molecule has 11 heteroatoms.